The minimum absolute atomic E-state index is 0.166. The second kappa shape index (κ2) is 8.15. The number of aliphatic imine (C=N–C) groups is 1. The van der Waals surface area contributed by atoms with Crippen LogP contribution in [0.1, 0.15) is 33.1 Å². The lowest BCUT2D eigenvalue weighted by Crippen LogP contribution is -2.51. The summed E-state index contributed by atoms with van der Waals surface area (Å²) in [5.41, 5.74) is 0. The van der Waals surface area contributed by atoms with E-state index in [9.17, 15) is 8.42 Å². The molecule has 1 aliphatic carbocycles. The van der Waals surface area contributed by atoms with Gasteiger partial charge in [-0.15, -0.1) is 0 Å². The van der Waals surface area contributed by atoms with Gasteiger partial charge in [-0.25, -0.2) is 18.1 Å². The topological polar surface area (TPSA) is 73.8 Å². The van der Waals surface area contributed by atoms with Crippen LogP contribution in [0.25, 0.3) is 0 Å². The first-order valence-corrected chi connectivity index (χ1v) is 11.0. The summed E-state index contributed by atoms with van der Waals surface area (Å²) in [5.74, 6) is 2.47. The monoisotopic (exact) mass is 398 g/mol. The second-order valence-electron chi connectivity index (χ2n) is 7.42. The smallest absolute Gasteiger partial charge is 0.264 e. The van der Waals surface area contributed by atoms with E-state index in [1.54, 1.807) is 12.1 Å². The average Bonchev–Trinajstić information content (AvgIpc) is 2.61. The molecule has 0 saturated heterocycles. The summed E-state index contributed by atoms with van der Waals surface area (Å²) < 4.78 is 27.3. The van der Waals surface area contributed by atoms with Crippen LogP contribution >= 0.6 is 11.6 Å². The van der Waals surface area contributed by atoms with E-state index in [-0.39, 0.29) is 4.90 Å². The van der Waals surface area contributed by atoms with E-state index in [2.05, 4.69) is 33.8 Å². The first-order chi connectivity index (χ1) is 12.3. The fraction of sp³-hybridized carbons (Fsp3) is 0.611. The summed E-state index contributed by atoms with van der Waals surface area (Å²) in [6, 6.07) is 6.07. The molecule has 1 fully saturated rings. The van der Waals surface area contributed by atoms with Gasteiger partial charge in [-0.3, -0.25) is 4.90 Å². The molecule has 0 bridgehead atoms. The van der Waals surface area contributed by atoms with E-state index in [4.69, 9.17) is 11.6 Å². The number of hydrogen-bond donors (Lipinski definition) is 2. The van der Waals surface area contributed by atoms with Gasteiger partial charge in [-0.05, 0) is 48.4 Å². The van der Waals surface area contributed by atoms with E-state index in [1.165, 1.54) is 31.4 Å². The van der Waals surface area contributed by atoms with Gasteiger partial charge in [0, 0.05) is 11.6 Å². The zero-order chi connectivity index (χ0) is 18.7. The third-order valence-electron chi connectivity index (χ3n) is 5.62. The number of sulfonamides is 1. The van der Waals surface area contributed by atoms with Crippen LogP contribution in [-0.4, -0.2) is 39.2 Å². The summed E-state index contributed by atoms with van der Waals surface area (Å²) in [6.07, 6.45) is 3.89. The van der Waals surface area contributed by atoms with Crippen molar-refractivity contribution in [1.29, 1.82) is 0 Å². The lowest BCUT2D eigenvalue weighted by molar-refractivity contribution is 0.121. The fourth-order valence-electron chi connectivity index (χ4n) is 3.74. The molecule has 0 unspecified atom stereocenters. The van der Waals surface area contributed by atoms with Crippen LogP contribution in [0.5, 0.6) is 0 Å². The van der Waals surface area contributed by atoms with Crippen molar-refractivity contribution in [2.24, 2.45) is 22.7 Å². The number of nitrogens with one attached hydrogen (secondary N) is 2. The average molecular weight is 399 g/mol. The van der Waals surface area contributed by atoms with Crippen LogP contribution in [-0.2, 0) is 10.0 Å². The fourth-order valence-corrected chi connectivity index (χ4v) is 4.86. The quantitative estimate of drug-likeness (QED) is 0.817. The minimum Gasteiger partial charge on any atom is -0.343 e. The Labute approximate surface area is 161 Å². The van der Waals surface area contributed by atoms with Crippen LogP contribution < -0.4 is 10.0 Å². The molecule has 1 heterocycles. The number of hydrogen-bond acceptors (Lipinski definition) is 5. The van der Waals surface area contributed by atoms with Crippen molar-refractivity contribution in [2.75, 3.05) is 19.9 Å². The number of benzene rings is 1. The summed E-state index contributed by atoms with van der Waals surface area (Å²) in [6.45, 7) is 6.79. The highest BCUT2D eigenvalue weighted by Gasteiger charge is 2.29. The first-order valence-electron chi connectivity index (χ1n) is 9.14. The zero-order valence-electron chi connectivity index (χ0n) is 15.3. The summed E-state index contributed by atoms with van der Waals surface area (Å²) in [5, 5.41) is 3.58. The van der Waals surface area contributed by atoms with Crippen molar-refractivity contribution < 1.29 is 8.42 Å². The van der Waals surface area contributed by atoms with Gasteiger partial charge in [0.25, 0.3) is 10.0 Å². The summed E-state index contributed by atoms with van der Waals surface area (Å²) >= 11 is 5.81. The summed E-state index contributed by atoms with van der Waals surface area (Å²) in [7, 11) is -3.66. The number of guanidine groups is 1. The predicted octanol–water partition coefficient (Wildman–Crippen LogP) is 2.87. The molecule has 0 amide bonds. The van der Waals surface area contributed by atoms with E-state index in [0.717, 1.165) is 18.4 Å². The Morgan fingerprint density at radius 3 is 2.65 bits per heavy atom. The van der Waals surface area contributed by atoms with Gasteiger partial charge >= 0.3 is 0 Å². The lowest BCUT2D eigenvalue weighted by Gasteiger charge is -2.38. The molecule has 1 aliphatic heterocycles. The summed E-state index contributed by atoms with van der Waals surface area (Å²) in [4.78, 5) is 6.76. The number of nitrogens with zero attached hydrogens (tertiary/aromatic N) is 2. The van der Waals surface area contributed by atoms with Crippen molar-refractivity contribution >= 4 is 27.6 Å². The Morgan fingerprint density at radius 1 is 1.27 bits per heavy atom. The zero-order valence-corrected chi connectivity index (χ0v) is 16.9. The molecule has 144 valence electrons. The lowest BCUT2D eigenvalue weighted by atomic mass is 9.74. The van der Waals surface area contributed by atoms with Crippen LogP contribution in [0.4, 0.5) is 0 Å². The largest absolute Gasteiger partial charge is 0.343 e. The van der Waals surface area contributed by atoms with E-state index in [1.807, 2.05) is 0 Å². The molecule has 0 spiro atoms. The van der Waals surface area contributed by atoms with Gasteiger partial charge in [-0.2, -0.15) is 0 Å². The van der Waals surface area contributed by atoms with Crippen LogP contribution in [0.15, 0.2) is 34.2 Å². The molecule has 2 aliphatic rings. The van der Waals surface area contributed by atoms with Crippen LogP contribution in [0, 0.1) is 17.8 Å². The SMILES string of the molecule is C[C@H]1[C@H](CN2CN=C(NS(=O)(=O)c3ccc(Cl)cc3)NC2)CCC[C@@H]1C. The Bertz CT molecular complexity index is 751. The maximum absolute atomic E-state index is 12.4. The van der Waals surface area contributed by atoms with Crippen LogP contribution in [0.3, 0.4) is 0 Å². The molecule has 3 atom stereocenters. The molecule has 3 rings (SSSR count). The van der Waals surface area contributed by atoms with Gasteiger partial charge in [-0.1, -0.05) is 38.3 Å². The van der Waals surface area contributed by atoms with Gasteiger partial charge < -0.3 is 5.32 Å². The maximum Gasteiger partial charge on any atom is 0.264 e. The molecule has 8 heteroatoms. The Hall–Kier alpha value is -1.31. The van der Waals surface area contributed by atoms with Crippen molar-refractivity contribution in [2.45, 2.75) is 38.0 Å². The normalized spacial score (nSPS) is 27.5. The second-order valence-corrected chi connectivity index (χ2v) is 9.54. The van der Waals surface area contributed by atoms with Gasteiger partial charge in [0.1, 0.15) is 0 Å². The molecule has 1 aromatic rings. The van der Waals surface area contributed by atoms with E-state index >= 15 is 0 Å². The molecule has 26 heavy (non-hydrogen) atoms. The standard InChI is InChI=1S/C18H27ClN4O2S/c1-13-4-3-5-15(14(13)2)10-23-11-20-18(21-12-23)22-26(24,25)17-8-6-16(19)7-9-17/h6-9,13-15H,3-5,10-12H2,1-2H3,(H2,20,21,22)/t13-,14+,15-/m0/s1. The third kappa shape index (κ3) is 4.69. The maximum atomic E-state index is 12.4. The molecular weight excluding hydrogens is 372 g/mol. The molecule has 1 aromatic carbocycles. The van der Waals surface area contributed by atoms with Crippen LogP contribution in [0.2, 0.25) is 5.02 Å². The van der Waals surface area contributed by atoms with Crippen molar-refractivity contribution in [3.8, 4) is 0 Å². The Morgan fingerprint density at radius 2 is 2.00 bits per heavy atom. The molecule has 2 N–H and O–H groups in total. The molecular formula is C18H27ClN4O2S. The Balaban J connectivity index is 1.56. The van der Waals surface area contributed by atoms with Gasteiger partial charge in [0.05, 0.1) is 18.2 Å². The highest BCUT2D eigenvalue weighted by molar-refractivity contribution is 7.90. The highest BCUT2D eigenvalue weighted by Crippen LogP contribution is 2.34. The predicted molar refractivity (Wildman–Crippen MR) is 104 cm³/mol. The highest BCUT2D eigenvalue weighted by atomic mass is 35.5. The molecule has 1 saturated carbocycles. The van der Waals surface area contributed by atoms with Crippen molar-refractivity contribution in [3.05, 3.63) is 29.3 Å². The third-order valence-corrected chi connectivity index (χ3v) is 7.23. The number of halogens is 1. The van der Waals surface area contributed by atoms with E-state index in [0.29, 0.717) is 30.2 Å². The van der Waals surface area contributed by atoms with Crippen molar-refractivity contribution in [3.63, 3.8) is 0 Å². The van der Waals surface area contributed by atoms with Gasteiger partial charge in [0.2, 0.25) is 5.96 Å². The Kier molecular flexibility index (Phi) is 6.10. The number of rotatable bonds is 4. The molecule has 6 nitrogen and oxygen atoms in total. The van der Waals surface area contributed by atoms with Crippen molar-refractivity contribution in [1.82, 2.24) is 14.9 Å². The molecule has 0 radical (unpaired) electrons. The molecule has 0 aromatic heterocycles. The first kappa shape index (κ1) is 19.5. The van der Waals surface area contributed by atoms with Gasteiger partial charge in [0.15, 0.2) is 0 Å². The van der Waals surface area contributed by atoms with E-state index < -0.39 is 10.0 Å². The minimum atomic E-state index is -3.66.